The molecule has 0 aliphatic carbocycles. The van der Waals surface area contributed by atoms with Crippen molar-refractivity contribution in [3.8, 4) is 22.8 Å². The lowest BCUT2D eigenvalue weighted by molar-refractivity contribution is 0.356. The van der Waals surface area contributed by atoms with Gasteiger partial charge in [0.15, 0.2) is 11.5 Å². The van der Waals surface area contributed by atoms with Gasteiger partial charge in [-0.3, -0.25) is 4.55 Å². The largest absolute Gasteiger partial charge is 0.493 e. The fourth-order valence-electron chi connectivity index (χ4n) is 2.59. The minimum Gasteiger partial charge on any atom is -0.493 e. The van der Waals surface area contributed by atoms with Gasteiger partial charge < -0.3 is 9.47 Å². The Morgan fingerprint density at radius 1 is 1.15 bits per heavy atom. The van der Waals surface area contributed by atoms with Crippen LogP contribution in [0, 0.1) is 5.82 Å². The number of aromatic nitrogens is 2. The van der Waals surface area contributed by atoms with Crippen molar-refractivity contribution in [2.24, 2.45) is 0 Å². The second-order valence-corrected chi connectivity index (χ2v) is 6.11. The fourth-order valence-corrected chi connectivity index (χ4v) is 2.87. The van der Waals surface area contributed by atoms with Crippen LogP contribution in [0.15, 0.2) is 36.7 Å². The Morgan fingerprint density at radius 2 is 1.88 bits per heavy atom. The molecular weight excluding hydrogens is 361 g/mol. The highest BCUT2D eigenvalue weighted by Crippen LogP contribution is 2.35. The molecule has 26 heavy (non-hydrogen) atoms. The lowest BCUT2D eigenvalue weighted by atomic mass is 10.0. The topological polar surface area (TPSA) is 93.6 Å². The number of methoxy groups -OCH3 is 2. The van der Waals surface area contributed by atoms with Gasteiger partial charge in [0, 0.05) is 29.1 Å². The quantitative estimate of drug-likeness (QED) is 0.642. The van der Waals surface area contributed by atoms with Crippen LogP contribution in [-0.2, 0) is 17.8 Å². The summed E-state index contributed by atoms with van der Waals surface area (Å²) in [4.78, 5) is 8.50. The van der Waals surface area contributed by atoms with Gasteiger partial charge >= 0.3 is 0 Å². The molecule has 0 fully saturated rings. The number of hydrogen-bond donors (Lipinski definition) is 2. The van der Waals surface area contributed by atoms with E-state index in [4.69, 9.17) is 14.0 Å². The minimum absolute atomic E-state index is 0.0647. The smallest absolute Gasteiger partial charge is 0.232 e. The maximum absolute atomic E-state index is 14.3. The van der Waals surface area contributed by atoms with Crippen LogP contribution < -0.4 is 14.2 Å². The molecule has 1 unspecified atom stereocenters. The normalized spacial score (nSPS) is 12.2. The van der Waals surface area contributed by atoms with Gasteiger partial charge in [-0.15, -0.1) is 0 Å². The zero-order valence-electron chi connectivity index (χ0n) is 14.0. The van der Waals surface area contributed by atoms with E-state index in [1.165, 1.54) is 26.6 Å². The highest BCUT2D eigenvalue weighted by molar-refractivity contribution is 7.77. The molecule has 0 bridgehead atoms. The summed E-state index contributed by atoms with van der Waals surface area (Å²) < 4.78 is 46.6. The summed E-state index contributed by atoms with van der Waals surface area (Å²) >= 11 is -2.20. The molecule has 2 N–H and O–H groups in total. The average Bonchev–Trinajstić information content (AvgIpc) is 2.65. The van der Waals surface area contributed by atoms with Gasteiger partial charge in [0.25, 0.3) is 0 Å². The van der Waals surface area contributed by atoms with Gasteiger partial charge in [0.05, 0.1) is 25.4 Å². The van der Waals surface area contributed by atoms with Crippen LogP contribution >= 0.6 is 0 Å². The predicted octanol–water partition coefficient (Wildman–Crippen LogP) is 2.68. The van der Waals surface area contributed by atoms with Crippen LogP contribution in [0.5, 0.6) is 11.5 Å². The van der Waals surface area contributed by atoms with E-state index in [1.54, 1.807) is 24.3 Å². The Balaban J connectivity index is 2.07. The van der Waals surface area contributed by atoms with E-state index in [9.17, 15) is 8.60 Å². The molecule has 0 saturated heterocycles. The summed E-state index contributed by atoms with van der Waals surface area (Å²) in [6.45, 7) is -0.0647. The van der Waals surface area contributed by atoms with Crippen molar-refractivity contribution in [1.29, 1.82) is 0 Å². The summed E-state index contributed by atoms with van der Waals surface area (Å²) in [7, 11) is 3.06. The Bertz CT molecular complexity index is 984. The molecule has 1 heterocycles. The Labute approximate surface area is 151 Å². The van der Waals surface area contributed by atoms with E-state index in [2.05, 4.69) is 14.7 Å². The highest BCUT2D eigenvalue weighted by atomic mass is 32.2. The average molecular weight is 377 g/mol. The number of halogens is 1. The van der Waals surface area contributed by atoms with Crippen LogP contribution in [0.25, 0.3) is 22.2 Å². The second-order valence-electron chi connectivity index (χ2n) is 5.32. The summed E-state index contributed by atoms with van der Waals surface area (Å²) in [5, 5.41) is 0.687. The van der Waals surface area contributed by atoms with Crippen molar-refractivity contribution >= 4 is 22.2 Å². The number of rotatable bonds is 6. The van der Waals surface area contributed by atoms with Crippen molar-refractivity contribution in [2.75, 3.05) is 14.2 Å². The molecule has 0 aliphatic rings. The maximum Gasteiger partial charge on any atom is 0.232 e. The molecule has 0 amide bonds. The molecule has 7 nitrogen and oxygen atoms in total. The van der Waals surface area contributed by atoms with Gasteiger partial charge in [0.1, 0.15) is 12.1 Å². The lowest BCUT2D eigenvalue weighted by Gasteiger charge is -2.11. The molecule has 1 atom stereocenters. The monoisotopic (exact) mass is 377 g/mol. The van der Waals surface area contributed by atoms with Crippen molar-refractivity contribution in [3.63, 3.8) is 0 Å². The van der Waals surface area contributed by atoms with Gasteiger partial charge in [-0.25, -0.2) is 23.3 Å². The summed E-state index contributed by atoms with van der Waals surface area (Å²) in [5.74, 6) is 0.546. The molecule has 136 valence electrons. The first-order chi connectivity index (χ1) is 12.5. The first kappa shape index (κ1) is 18.2. The van der Waals surface area contributed by atoms with Crippen molar-refractivity contribution < 1.29 is 22.6 Å². The number of hydrogen-bond acceptors (Lipinski definition) is 5. The number of benzene rings is 2. The molecule has 2 aromatic carbocycles. The number of ether oxygens (including phenoxy) is 2. The van der Waals surface area contributed by atoms with Crippen LogP contribution in [0.2, 0.25) is 0 Å². The summed E-state index contributed by atoms with van der Waals surface area (Å²) in [6.07, 6.45) is 1.39. The van der Waals surface area contributed by atoms with Gasteiger partial charge in [0.2, 0.25) is 11.3 Å². The standard InChI is InChI=1S/C17H16FN3O4S/c1-24-15-6-12-14(7-16(15)25-2)19-9-20-17(12)10-3-4-11(13(18)5-10)8-21-26(22)23/h3-7,9,21H,8H2,1-2H3,(H,22,23). The molecule has 0 saturated carbocycles. The van der Waals surface area contributed by atoms with Crippen LogP contribution in [0.1, 0.15) is 5.56 Å². The molecular formula is C17H16FN3O4S. The molecule has 0 radical (unpaired) electrons. The zero-order chi connectivity index (χ0) is 18.7. The van der Waals surface area contributed by atoms with E-state index in [1.807, 2.05) is 0 Å². The molecule has 0 aliphatic heterocycles. The number of fused-ring (bicyclic) bond motifs is 1. The minimum atomic E-state index is -2.20. The third-order valence-electron chi connectivity index (χ3n) is 3.85. The molecule has 9 heteroatoms. The van der Waals surface area contributed by atoms with Gasteiger partial charge in [-0.05, 0) is 12.1 Å². The Hall–Kier alpha value is -2.62. The molecule has 3 aromatic rings. The third-order valence-corrected chi connectivity index (χ3v) is 4.24. The third kappa shape index (κ3) is 3.64. The van der Waals surface area contributed by atoms with Gasteiger partial charge in [-0.2, -0.15) is 0 Å². The molecule has 0 spiro atoms. The molecule has 1 aromatic heterocycles. The number of nitrogens with one attached hydrogen (secondary N) is 1. The van der Waals surface area contributed by atoms with Crippen LogP contribution in [0.3, 0.4) is 0 Å². The van der Waals surface area contributed by atoms with Crippen molar-refractivity contribution in [2.45, 2.75) is 6.54 Å². The lowest BCUT2D eigenvalue weighted by Crippen LogP contribution is -2.16. The predicted molar refractivity (Wildman–Crippen MR) is 95.6 cm³/mol. The first-order valence-corrected chi connectivity index (χ1v) is 8.64. The highest BCUT2D eigenvalue weighted by Gasteiger charge is 2.14. The Kier molecular flexibility index (Phi) is 5.40. The van der Waals surface area contributed by atoms with Crippen LogP contribution in [0.4, 0.5) is 4.39 Å². The SMILES string of the molecule is COc1cc2ncnc(-c3ccc(CNS(=O)O)c(F)c3)c2cc1OC. The zero-order valence-corrected chi connectivity index (χ0v) is 14.8. The van der Waals surface area contributed by atoms with Crippen molar-refractivity contribution in [1.82, 2.24) is 14.7 Å². The maximum atomic E-state index is 14.3. The number of nitrogens with zero attached hydrogens (tertiary/aromatic N) is 2. The van der Waals surface area contributed by atoms with Crippen molar-refractivity contribution in [3.05, 3.63) is 48.0 Å². The fraction of sp³-hybridized carbons (Fsp3) is 0.176. The van der Waals surface area contributed by atoms with Crippen LogP contribution in [-0.4, -0.2) is 32.9 Å². The van der Waals surface area contributed by atoms with E-state index >= 15 is 0 Å². The Morgan fingerprint density at radius 3 is 2.54 bits per heavy atom. The summed E-state index contributed by atoms with van der Waals surface area (Å²) in [6, 6.07) is 8.03. The summed E-state index contributed by atoms with van der Waals surface area (Å²) in [5.41, 5.74) is 2.00. The van der Waals surface area contributed by atoms with E-state index in [-0.39, 0.29) is 12.1 Å². The first-order valence-electron chi connectivity index (χ1n) is 7.53. The van der Waals surface area contributed by atoms with E-state index < -0.39 is 17.1 Å². The van der Waals surface area contributed by atoms with E-state index in [0.717, 1.165) is 0 Å². The second kappa shape index (κ2) is 7.73. The van der Waals surface area contributed by atoms with Gasteiger partial charge in [-0.1, -0.05) is 12.1 Å². The molecule has 3 rings (SSSR count). The van der Waals surface area contributed by atoms with E-state index in [0.29, 0.717) is 33.7 Å².